The molecule has 1 aromatic carbocycles. The molecule has 0 amide bonds. The van der Waals surface area contributed by atoms with Crippen LogP contribution in [0.25, 0.3) is 11.1 Å². The monoisotopic (exact) mass is 457 g/mol. The first-order chi connectivity index (χ1) is 16.2. The molecular formula is C29H39N5. The third kappa shape index (κ3) is 4.33. The fraction of sp³-hybridized carbons (Fsp3) is 0.517. The van der Waals surface area contributed by atoms with Crippen LogP contribution in [-0.4, -0.2) is 35.4 Å². The summed E-state index contributed by atoms with van der Waals surface area (Å²) in [4.78, 5) is 6.79. The Hall–Kier alpha value is -2.82. The SMILES string of the molecule is CN(C)c1ccc(C23CCC(CNc4cccc(-c5cnn(C(C)(C)C)c5)c4)(CC2)CC3)cn1. The van der Waals surface area contributed by atoms with Crippen molar-refractivity contribution in [3.05, 3.63) is 60.6 Å². The lowest BCUT2D eigenvalue weighted by Crippen LogP contribution is -2.47. The second-order valence-corrected chi connectivity index (χ2v) is 11.9. The van der Waals surface area contributed by atoms with Crippen LogP contribution >= 0.6 is 0 Å². The zero-order chi connectivity index (χ0) is 24.0. The van der Waals surface area contributed by atoms with E-state index >= 15 is 0 Å². The number of hydrogen-bond acceptors (Lipinski definition) is 4. The predicted octanol–water partition coefficient (Wildman–Crippen LogP) is 6.47. The van der Waals surface area contributed by atoms with Crippen molar-refractivity contribution < 1.29 is 0 Å². The van der Waals surface area contributed by atoms with Crippen molar-refractivity contribution in [2.24, 2.45) is 5.41 Å². The summed E-state index contributed by atoms with van der Waals surface area (Å²) < 4.78 is 2.04. The first kappa shape index (κ1) is 22.9. The fourth-order valence-corrected chi connectivity index (χ4v) is 5.86. The first-order valence-corrected chi connectivity index (χ1v) is 12.7. The molecule has 0 atom stereocenters. The molecule has 0 saturated heterocycles. The molecule has 2 bridgehead atoms. The number of benzene rings is 1. The van der Waals surface area contributed by atoms with Crippen molar-refractivity contribution in [1.82, 2.24) is 14.8 Å². The maximum atomic E-state index is 4.71. The smallest absolute Gasteiger partial charge is 0.127 e. The third-order valence-corrected chi connectivity index (χ3v) is 8.35. The molecular weight excluding hydrogens is 418 g/mol. The van der Waals surface area contributed by atoms with Gasteiger partial charge in [0, 0.05) is 44.3 Å². The Bertz CT molecular complexity index is 1110. The molecule has 5 heteroatoms. The molecule has 0 aliphatic heterocycles. The topological polar surface area (TPSA) is 46.0 Å². The van der Waals surface area contributed by atoms with Crippen LogP contribution in [0.5, 0.6) is 0 Å². The van der Waals surface area contributed by atoms with E-state index in [4.69, 9.17) is 4.98 Å². The number of nitrogens with zero attached hydrogens (tertiary/aromatic N) is 4. The Labute approximate surface area is 204 Å². The molecule has 3 aromatic rings. The highest BCUT2D eigenvalue weighted by atomic mass is 15.3. The maximum Gasteiger partial charge on any atom is 0.127 e. The van der Waals surface area contributed by atoms with Gasteiger partial charge in [0.15, 0.2) is 0 Å². The van der Waals surface area contributed by atoms with Gasteiger partial charge in [-0.25, -0.2) is 4.98 Å². The summed E-state index contributed by atoms with van der Waals surface area (Å²) in [5, 5.41) is 8.38. The quantitative estimate of drug-likeness (QED) is 0.461. The molecule has 5 nitrogen and oxygen atoms in total. The Morgan fingerprint density at radius 2 is 1.68 bits per heavy atom. The lowest BCUT2D eigenvalue weighted by Gasteiger charge is -2.54. The zero-order valence-electron chi connectivity index (χ0n) is 21.4. The van der Waals surface area contributed by atoms with Gasteiger partial charge < -0.3 is 10.2 Å². The van der Waals surface area contributed by atoms with Gasteiger partial charge in [-0.05, 0) is 99.5 Å². The van der Waals surface area contributed by atoms with Crippen molar-refractivity contribution in [1.29, 1.82) is 0 Å². The van der Waals surface area contributed by atoms with E-state index in [0.717, 1.165) is 12.4 Å². The average molecular weight is 458 g/mol. The van der Waals surface area contributed by atoms with Crippen LogP contribution in [0.2, 0.25) is 0 Å². The van der Waals surface area contributed by atoms with Gasteiger partial charge in [-0.3, -0.25) is 4.68 Å². The van der Waals surface area contributed by atoms with Gasteiger partial charge in [0.2, 0.25) is 0 Å². The molecule has 180 valence electrons. The van der Waals surface area contributed by atoms with Crippen LogP contribution in [0.3, 0.4) is 0 Å². The predicted molar refractivity (Wildman–Crippen MR) is 142 cm³/mol. The van der Waals surface area contributed by atoms with E-state index in [1.807, 2.05) is 10.9 Å². The molecule has 6 rings (SSSR count). The minimum atomic E-state index is -0.00505. The van der Waals surface area contributed by atoms with Gasteiger partial charge in [-0.1, -0.05) is 18.2 Å². The summed E-state index contributed by atoms with van der Waals surface area (Å²) in [6.45, 7) is 7.60. The van der Waals surface area contributed by atoms with E-state index in [9.17, 15) is 0 Å². The zero-order valence-corrected chi connectivity index (χ0v) is 21.4. The second-order valence-electron chi connectivity index (χ2n) is 11.9. The number of rotatable bonds is 6. The minimum absolute atomic E-state index is 0.00505. The molecule has 3 saturated carbocycles. The number of fused-ring (bicyclic) bond motifs is 3. The van der Waals surface area contributed by atoms with Crippen molar-refractivity contribution in [2.75, 3.05) is 30.9 Å². The highest BCUT2D eigenvalue weighted by molar-refractivity contribution is 5.67. The normalized spacial score (nSPS) is 24.3. The number of hydrogen-bond donors (Lipinski definition) is 1. The lowest BCUT2D eigenvalue weighted by atomic mass is 9.52. The molecule has 2 heterocycles. The highest BCUT2D eigenvalue weighted by Crippen LogP contribution is 2.57. The van der Waals surface area contributed by atoms with Crippen molar-refractivity contribution >= 4 is 11.5 Å². The van der Waals surface area contributed by atoms with Gasteiger partial charge in [-0.2, -0.15) is 5.10 Å². The molecule has 2 aromatic heterocycles. The van der Waals surface area contributed by atoms with Crippen LogP contribution in [0.1, 0.15) is 64.9 Å². The minimum Gasteiger partial charge on any atom is -0.384 e. The van der Waals surface area contributed by atoms with E-state index < -0.39 is 0 Å². The van der Waals surface area contributed by atoms with Crippen LogP contribution in [-0.2, 0) is 11.0 Å². The van der Waals surface area contributed by atoms with Crippen LogP contribution in [0.15, 0.2) is 55.0 Å². The van der Waals surface area contributed by atoms with E-state index in [-0.39, 0.29) is 5.54 Å². The maximum absolute atomic E-state index is 4.71. The van der Waals surface area contributed by atoms with Crippen LogP contribution < -0.4 is 10.2 Å². The molecule has 34 heavy (non-hydrogen) atoms. The Balaban J connectivity index is 1.23. The van der Waals surface area contributed by atoms with Crippen LogP contribution in [0, 0.1) is 5.41 Å². The van der Waals surface area contributed by atoms with Crippen molar-refractivity contribution in [2.45, 2.75) is 70.3 Å². The van der Waals surface area contributed by atoms with E-state index in [0.29, 0.717) is 10.8 Å². The summed E-state index contributed by atoms with van der Waals surface area (Å²) in [7, 11) is 4.11. The van der Waals surface area contributed by atoms with E-state index in [1.165, 1.54) is 60.9 Å². The van der Waals surface area contributed by atoms with Gasteiger partial charge in [0.05, 0.1) is 11.7 Å². The molecule has 1 N–H and O–H groups in total. The number of pyridine rings is 1. The molecule has 3 aliphatic rings. The summed E-state index contributed by atoms with van der Waals surface area (Å²) in [5.41, 5.74) is 5.81. The lowest BCUT2D eigenvalue weighted by molar-refractivity contribution is 0.0504. The summed E-state index contributed by atoms with van der Waals surface area (Å²) in [6.07, 6.45) is 14.0. The second kappa shape index (κ2) is 8.44. The number of anilines is 2. The van der Waals surface area contributed by atoms with Gasteiger partial charge in [-0.15, -0.1) is 0 Å². The van der Waals surface area contributed by atoms with Crippen molar-refractivity contribution in [3.63, 3.8) is 0 Å². The standard InChI is InChI=1S/C29H39N5/c1-27(2,3)34-20-23(18-32-34)22-7-6-8-25(17-22)31-21-28-11-14-29(15-12-28,16-13-28)24-9-10-26(30-19-24)33(4)5/h6-10,17-20,31H,11-16,21H2,1-5H3. The van der Waals surface area contributed by atoms with Gasteiger partial charge in [0.25, 0.3) is 0 Å². The summed E-state index contributed by atoms with van der Waals surface area (Å²) in [6, 6.07) is 13.3. The highest BCUT2D eigenvalue weighted by Gasteiger charge is 2.49. The molecule has 0 radical (unpaired) electrons. The Kier molecular flexibility index (Phi) is 5.70. The molecule has 3 fully saturated rings. The number of aromatic nitrogens is 3. The van der Waals surface area contributed by atoms with Gasteiger partial charge in [0.1, 0.15) is 5.82 Å². The molecule has 3 aliphatic carbocycles. The number of nitrogens with one attached hydrogen (secondary N) is 1. The molecule has 0 unspecified atom stereocenters. The largest absolute Gasteiger partial charge is 0.384 e. The van der Waals surface area contributed by atoms with Crippen LogP contribution in [0.4, 0.5) is 11.5 Å². The Morgan fingerprint density at radius 1 is 0.941 bits per heavy atom. The van der Waals surface area contributed by atoms with Gasteiger partial charge >= 0.3 is 0 Å². The van der Waals surface area contributed by atoms with Crippen molar-refractivity contribution in [3.8, 4) is 11.1 Å². The fourth-order valence-electron chi connectivity index (χ4n) is 5.86. The molecule has 0 spiro atoms. The third-order valence-electron chi connectivity index (χ3n) is 8.35. The summed E-state index contributed by atoms with van der Waals surface area (Å²) >= 11 is 0. The van der Waals surface area contributed by atoms with E-state index in [1.54, 1.807) is 0 Å². The first-order valence-electron chi connectivity index (χ1n) is 12.7. The summed E-state index contributed by atoms with van der Waals surface area (Å²) in [5.74, 6) is 1.04. The Morgan fingerprint density at radius 3 is 2.26 bits per heavy atom. The average Bonchev–Trinajstić information content (AvgIpc) is 3.36. The van der Waals surface area contributed by atoms with E-state index in [2.05, 4.69) is 99.0 Å².